The van der Waals surface area contributed by atoms with Crippen LogP contribution in [0.5, 0.6) is 0 Å². The van der Waals surface area contributed by atoms with Crippen LogP contribution in [0.15, 0.2) is 0 Å². The normalized spacial score (nSPS) is 2.40. The van der Waals surface area contributed by atoms with Crippen LogP contribution in [0.1, 0.15) is 0 Å². The van der Waals surface area contributed by atoms with E-state index in [0.717, 1.165) is 0 Å². The molecule has 0 aliphatic carbocycles. The number of carbonyl (C=O) groups is 1. The third kappa shape index (κ3) is 1710. The largest absolute Gasteiger partial charge is 0.870 e. The second-order valence-corrected chi connectivity index (χ2v) is 0.250. The van der Waals surface area contributed by atoms with Crippen molar-refractivity contribution in [1.82, 2.24) is 0 Å². The fourth-order valence-electron chi connectivity index (χ4n) is 0. The summed E-state index contributed by atoms with van der Waals surface area (Å²) < 4.78 is 0. The molecule has 0 aliphatic heterocycles. The first-order valence-electron chi connectivity index (χ1n) is 0.612. The molecular weight excluding hydrogens is 199 g/mol. The van der Waals surface area contributed by atoms with Gasteiger partial charge in [-0.2, -0.15) is 0 Å². The van der Waals surface area contributed by atoms with Gasteiger partial charge in [-0.15, -0.1) is 0 Å². The monoisotopic (exact) mass is 207 g/mol. The second-order valence-electron chi connectivity index (χ2n) is 0.250. The molecular formula is CH9NiO8-3. The minimum absolute atomic E-state index is 0. The van der Waals surface area contributed by atoms with Crippen molar-refractivity contribution in [2.24, 2.45) is 0 Å². The van der Waals surface area contributed by atoms with E-state index in [2.05, 4.69) is 0 Å². The molecule has 0 aromatic rings. The van der Waals surface area contributed by atoms with E-state index in [0.29, 0.717) is 0 Å². The maximum Gasteiger partial charge on any atom is 0 e. The Bertz CT molecular complexity index is 32.2. The van der Waals surface area contributed by atoms with Crippen LogP contribution in [0.25, 0.3) is 0 Å². The molecule has 74 valence electrons. The zero-order valence-corrected chi connectivity index (χ0v) is 5.48. The molecule has 0 aromatic carbocycles. The van der Waals surface area contributed by atoms with Crippen LogP contribution in [-0.2, 0) is 16.5 Å². The van der Waals surface area contributed by atoms with E-state index in [4.69, 9.17) is 15.0 Å². The molecule has 0 bridgehead atoms. The fourth-order valence-corrected chi connectivity index (χ4v) is 0. The zero-order valence-electron chi connectivity index (χ0n) is 4.49. The van der Waals surface area contributed by atoms with Gasteiger partial charge >= 0.3 is 0 Å². The molecule has 0 aliphatic rings. The van der Waals surface area contributed by atoms with Crippen molar-refractivity contribution in [3.8, 4) is 0 Å². The smallest absolute Gasteiger partial charge is 0 e. The number of carbonyl (C=O) groups excluding carboxylic acids is 1. The summed E-state index contributed by atoms with van der Waals surface area (Å²) in [5.41, 5.74) is 0. The minimum atomic E-state index is -2.33. The summed E-state index contributed by atoms with van der Waals surface area (Å²) >= 11 is 0. The van der Waals surface area contributed by atoms with E-state index in [-0.39, 0.29) is 43.9 Å². The van der Waals surface area contributed by atoms with Gasteiger partial charge in [-0.1, -0.05) is 0 Å². The van der Waals surface area contributed by atoms with E-state index in [9.17, 15) is 0 Å². The van der Waals surface area contributed by atoms with Gasteiger partial charge in [0.15, 0.2) is 0 Å². The van der Waals surface area contributed by atoms with E-state index in [1.807, 2.05) is 0 Å². The van der Waals surface area contributed by atoms with E-state index >= 15 is 0 Å². The first-order chi connectivity index (χ1) is 1.73. The van der Waals surface area contributed by atoms with Crippen molar-refractivity contribution in [1.29, 1.82) is 0 Å². The predicted octanol–water partition coefficient (Wildman–Crippen LogP) is -5.93. The zero-order chi connectivity index (χ0) is 3.58. The topological polar surface area (TPSA) is 219 Å². The Hall–Kier alpha value is -0.436. The van der Waals surface area contributed by atoms with Crippen molar-refractivity contribution < 1.29 is 58.9 Å². The summed E-state index contributed by atoms with van der Waals surface area (Å²) in [5.74, 6) is 0. The summed E-state index contributed by atoms with van der Waals surface area (Å²) in [7, 11) is 0. The molecule has 0 saturated heterocycles. The van der Waals surface area contributed by atoms with Crippen molar-refractivity contribution in [3.63, 3.8) is 0 Å². The average molecular weight is 208 g/mol. The van der Waals surface area contributed by atoms with Gasteiger partial charge in [0.05, 0.1) is 0 Å². The van der Waals surface area contributed by atoms with Crippen LogP contribution in [0.3, 0.4) is 0 Å². The Labute approximate surface area is 65.9 Å². The maximum atomic E-state index is 8.33. The van der Waals surface area contributed by atoms with Gasteiger partial charge in [-0.25, -0.2) is 0 Å². The van der Waals surface area contributed by atoms with Crippen molar-refractivity contribution in [3.05, 3.63) is 0 Å². The summed E-state index contributed by atoms with van der Waals surface area (Å²) in [6.07, 6.45) is -2.33. The number of rotatable bonds is 0. The fraction of sp³-hybridized carbons (Fsp3) is 0. The van der Waals surface area contributed by atoms with Gasteiger partial charge in [-0.3, -0.25) is 0 Å². The number of hydrogen-bond acceptors (Lipinski definition) is 4. The van der Waals surface area contributed by atoms with Gasteiger partial charge in [-0.05, 0) is 6.16 Å². The average Bonchev–Trinajstić information content (AvgIpc) is 0.811. The Morgan fingerprint density at radius 3 is 0.900 bits per heavy atom. The Balaban J connectivity index is -0.00000000300. The molecule has 9 heteroatoms. The van der Waals surface area contributed by atoms with Crippen LogP contribution >= 0.6 is 0 Å². The van der Waals surface area contributed by atoms with Gasteiger partial charge in [0.1, 0.15) is 0 Å². The summed E-state index contributed by atoms with van der Waals surface area (Å²) in [4.78, 5) is 8.33. The number of carboxylic acid groups (broad SMARTS) is 2. The summed E-state index contributed by atoms with van der Waals surface area (Å²) in [6, 6.07) is 0. The third-order valence-electron chi connectivity index (χ3n) is 0. The number of hydrogen-bond donors (Lipinski definition) is 0. The van der Waals surface area contributed by atoms with Gasteiger partial charge in [0.2, 0.25) is 0 Å². The minimum Gasteiger partial charge on any atom is -0.870 e. The molecule has 0 spiro atoms. The maximum absolute atomic E-state index is 8.33. The first-order valence-corrected chi connectivity index (χ1v) is 0.612. The van der Waals surface area contributed by atoms with Crippen LogP contribution < -0.4 is 10.2 Å². The Morgan fingerprint density at radius 2 is 0.900 bits per heavy atom. The van der Waals surface area contributed by atoms with Gasteiger partial charge in [0.25, 0.3) is 0 Å². The van der Waals surface area contributed by atoms with Gasteiger partial charge < -0.3 is 42.4 Å². The Kier molecular flexibility index (Phi) is 796. The molecule has 0 unspecified atom stereocenters. The predicted molar refractivity (Wildman–Crippen MR) is 21.8 cm³/mol. The quantitative estimate of drug-likeness (QED) is 0.354. The summed E-state index contributed by atoms with van der Waals surface area (Å²) in [6.45, 7) is 0. The molecule has 0 heterocycles. The molecule has 0 fully saturated rings. The summed E-state index contributed by atoms with van der Waals surface area (Å²) in [5, 5.41) is 16.7. The molecule has 0 atom stereocenters. The molecule has 0 rings (SSSR count). The van der Waals surface area contributed by atoms with E-state index in [1.54, 1.807) is 0 Å². The van der Waals surface area contributed by atoms with Crippen LogP contribution in [0.4, 0.5) is 4.79 Å². The van der Waals surface area contributed by atoms with Crippen LogP contribution in [0, 0.1) is 0 Å². The van der Waals surface area contributed by atoms with Gasteiger partial charge in [0, 0.05) is 16.5 Å². The van der Waals surface area contributed by atoms with E-state index in [1.165, 1.54) is 0 Å². The van der Waals surface area contributed by atoms with E-state index < -0.39 is 6.16 Å². The standard InChI is InChI=1S/CH2O3.Ni.5H2O/c2-1(3)4;;;;;;/h(H2,2,3,4);;5*1H2/p-3. The van der Waals surface area contributed by atoms with Crippen molar-refractivity contribution in [2.75, 3.05) is 0 Å². The molecule has 0 aromatic heterocycles. The molecule has 9 N–H and O–H groups in total. The van der Waals surface area contributed by atoms with Crippen molar-refractivity contribution >= 4 is 6.16 Å². The van der Waals surface area contributed by atoms with Crippen molar-refractivity contribution in [2.45, 2.75) is 0 Å². The molecule has 0 amide bonds. The molecule has 0 radical (unpaired) electrons. The second kappa shape index (κ2) is 74.5. The first kappa shape index (κ1) is 107. The SMILES string of the molecule is O.O.O.O.O=C([O-])[O-].[Ni].[OH-]. The van der Waals surface area contributed by atoms with Crippen LogP contribution in [-0.4, -0.2) is 33.5 Å². The molecule has 0 saturated carbocycles. The Morgan fingerprint density at radius 1 is 0.900 bits per heavy atom. The molecule has 8 nitrogen and oxygen atoms in total. The molecule has 10 heavy (non-hydrogen) atoms. The third-order valence-corrected chi connectivity index (χ3v) is 0. The van der Waals surface area contributed by atoms with Crippen LogP contribution in [0.2, 0.25) is 0 Å².